The van der Waals surface area contributed by atoms with E-state index in [1.54, 1.807) is 0 Å². The van der Waals surface area contributed by atoms with Crippen molar-refractivity contribution in [2.45, 2.75) is 6.10 Å². The molecule has 0 atom stereocenters. The lowest BCUT2D eigenvalue weighted by Crippen LogP contribution is -2.50. The molecule has 1 aliphatic rings. The fourth-order valence-corrected chi connectivity index (χ4v) is 1.34. The third-order valence-electron chi connectivity index (χ3n) is 2.00. The molecule has 0 aromatic heterocycles. The zero-order chi connectivity index (χ0) is 10.1. The van der Waals surface area contributed by atoms with Crippen LogP contribution in [0.3, 0.4) is 0 Å². The first-order valence-electron chi connectivity index (χ1n) is 4.19. The number of halogens is 3. The van der Waals surface area contributed by atoms with Gasteiger partial charge < -0.3 is 10.1 Å². The van der Waals surface area contributed by atoms with E-state index in [4.69, 9.17) is 16.3 Å². The van der Waals surface area contributed by atoms with Gasteiger partial charge in [0.1, 0.15) is 11.9 Å². The van der Waals surface area contributed by atoms with Gasteiger partial charge in [0.15, 0.2) is 11.6 Å². The molecule has 5 heteroatoms. The molecule has 0 radical (unpaired) electrons. The van der Waals surface area contributed by atoms with Crippen LogP contribution < -0.4 is 10.1 Å². The molecule has 0 bridgehead atoms. The third-order valence-corrected chi connectivity index (χ3v) is 2.28. The standard InChI is InChI=1S/C9H8ClF2NO/c10-7-1-5(2-8(11)9(7)12)14-6-3-13-4-6/h1-2,6,13H,3-4H2. The second kappa shape index (κ2) is 3.71. The molecule has 1 aromatic carbocycles. The summed E-state index contributed by atoms with van der Waals surface area (Å²) < 4.78 is 30.9. The van der Waals surface area contributed by atoms with Crippen LogP contribution in [0.15, 0.2) is 12.1 Å². The van der Waals surface area contributed by atoms with Crippen LogP contribution in [0.1, 0.15) is 0 Å². The molecule has 0 spiro atoms. The van der Waals surface area contributed by atoms with E-state index >= 15 is 0 Å². The van der Waals surface area contributed by atoms with E-state index in [-0.39, 0.29) is 16.9 Å². The summed E-state index contributed by atoms with van der Waals surface area (Å²) in [6.45, 7) is 1.44. The Bertz CT molecular complexity index is 332. The molecule has 0 aliphatic carbocycles. The Morgan fingerprint density at radius 2 is 2.07 bits per heavy atom. The first-order chi connectivity index (χ1) is 6.66. The zero-order valence-corrected chi connectivity index (χ0v) is 7.94. The van der Waals surface area contributed by atoms with Crippen molar-refractivity contribution in [2.24, 2.45) is 0 Å². The molecule has 1 aromatic rings. The van der Waals surface area contributed by atoms with Crippen molar-refractivity contribution in [3.63, 3.8) is 0 Å². The zero-order valence-electron chi connectivity index (χ0n) is 7.19. The Kier molecular flexibility index (Phi) is 2.56. The summed E-state index contributed by atoms with van der Waals surface area (Å²) in [6.07, 6.45) is 0.0240. The maximum atomic E-state index is 12.9. The molecule has 2 nitrogen and oxygen atoms in total. The fourth-order valence-electron chi connectivity index (χ4n) is 1.14. The SMILES string of the molecule is Fc1cc(OC2CNC2)cc(Cl)c1F. The van der Waals surface area contributed by atoms with Crippen LogP contribution in [0.25, 0.3) is 0 Å². The topological polar surface area (TPSA) is 21.3 Å². The average Bonchev–Trinajstić information content (AvgIpc) is 2.07. The summed E-state index contributed by atoms with van der Waals surface area (Å²) in [5, 5.41) is 2.74. The highest BCUT2D eigenvalue weighted by molar-refractivity contribution is 6.30. The van der Waals surface area contributed by atoms with E-state index in [2.05, 4.69) is 5.32 Å². The molecule has 1 fully saturated rings. The van der Waals surface area contributed by atoms with Crippen molar-refractivity contribution < 1.29 is 13.5 Å². The van der Waals surface area contributed by atoms with Gasteiger partial charge in [0.2, 0.25) is 0 Å². The summed E-state index contributed by atoms with van der Waals surface area (Å²) in [7, 11) is 0. The summed E-state index contributed by atoms with van der Waals surface area (Å²) >= 11 is 5.45. The number of ether oxygens (including phenoxy) is 1. The van der Waals surface area contributed by atoms with Crippen LogP contribution in [0, 0.1) is 11.6 Å². The Hall–Kier alpha value is -0.870. The van der Waals surface area contributed by atoms with E-state index in [0.29, 0.717) is 0 Å². The van der Waals surface area contributed by atoms with Crippen molar-refractivity contribution in [1.82, 2.24) is 5.32 Å². The molecule has 2 rings (SSSR count). The van der Waals surface area contributed by atoms with Crippen LogP contribution >= 0.6 is 11.6 Å². The summed E-state index contributed by atoms with van der Waals surface area (Å²) in [5.74, 6) is -1.76. The molecule has 0 unspecified atom stereocenters. The van der Waals surface area contributed by atoms with E-state index in [0.717, 1.165) is 19.2 Å². The first kappa shape index (κ1) is 9.68. The Morgan fingerprint density at radius 1 is 1.36 bits per heavy atom. The van der Waals surface area contributed by atoms with Gasteiger partial charge in [-0.2, -0.15) is 0 Å². The molecule has 1 heterocycles. The average molecular weight is 220 g/mol. The number of hydrogen-bond acceptors (Lipinski definition) is 2. The van der Waals surface area contributed by atoms with E-state index in [1.807, 2.05) is 0 Å². The van der Waals surface area contributed by atoms with Gasteiger partial charge in [-0.1, -0.05) is 11.6 Å². The second-order valence-corrected chi connectivity index (χ2v) is 3.51. The highest BCUT2D eigenvalue weighted by atomic mass is 35.5. The fraction of sp³-hybridized carbons (Fsp3) is 0.333. The molecule has 1 aliphatic heterocycles. The molecule has 0 amide bonds. The number of hydrogen-bond donors (Lipinski definition) is 1. The normalized spacial score (nSPS) is 16.5. The van der Waals surface area contributed by atoms with E-state index in [1.165, 1.54) is 6.07 Å². The molecular weight excluding hydrogens is 212 g/mol. The monoisotopic (exact) mass is 219 g/mol. The maximum Gasteiger partial charge on any atom is 0.177 e. The van der Waals surface area contributed by atoms with Crippen molar-refractivity contribution in [2.75, 3.05) is 13.1 Å². The first-order valence-corrected chi connectivity index (χ1v) is 4.56. The van der Waals surface area contributed by atoms with Gasteiger partial charge in [-0.15, -0.1) is 0 Å². The number of rotatable bonds is 2. The highest BCUT2D eigenvalue weighted by Gasteiger charge is 2.19. The van der Waals surface area contributed by atoms with Crippen LogP contribution in [0.2, 0.25) is 5.02 Å². The second-order valence-electron chi connectivity index (χ2n) is 3.10. The molecule has 1 saturated heterocycles. The molecule has 76 valence electrons. The van der Waals surface area contributed by atoms with Crippen molar-refractivity contribution in [3.8, 4) is 5.75 Å². The van der Waals surface area contributed by atoms with Gasteiger partial charge >= 0.3 is 0 Å². The van der Waals surface area contributed by atoms with Crippen molar-refractivity contribution in [3.05, 3.63) is 28.8 Å². The van der Waals surface area contributed by atoms with Gasteiger partial charge in [0.25, 0.3) is 0 Å². The van der Waals surface area contributed by atoms with Crippen molar-refractivity contribution >= 4 is 11.6 Å². The van der Waals surface area contributed by atoms with Gasteiger partial charge in [0.05, 0.1) is 5.02 Å². The largest absolute Gasteiger partial charge is 0.488 e. The minimum atomic E-state index is -1.04. The predicted molar refractivity (Wildman–Crippen MR) is 48.7 cm³/mol. The van der Waals surface area contributed by atoms with Crippen molar-refractivity contribution in [1.29, 1.82) is 0 Å². The Morgan fingerprint density at radius 3 is 2.57 bits per heavy atom. The minimum absolute atomic E-state index is 0.0240. The van der Waals surface area contributed by atoms with Gasteiger partial charge in [0, 0.05) is 25.2 Å². The van der Waals surface area contributed by atoms with Gasteiger partial charge in [-0.05, 0) is 0 Å². The lowest BCUT2D eigenvalue weighted by Gasteiger charge is -2.27. The van der Waals surface area contributed by atoms with E-state index in [9.17, 15) is 8.78 Å². The quantitative estimate of drug-likeness (QED) is 0.768. The molecular formula is C9H8ClF2NO. The lowest BCUT2D eigenvalue weighted by molar-refractivity contribution is 0.141. The minimum Gasteiger partial charge on any atom is -0.488 e. The van der Waals surface area contributed by atoms with Gasteiger partial charge in [-0.25, -0.2) is 8.78 Å². The van der Waals surface area contributed by atoms with E-state index < -0.39 is 11.6 Å². The lowest BCUT2D eigenvalue weighted by atomic mass is 10.2. The Balaban J connectivity index is 2.17. The molecule has 1 N–H and O–H groups in total. The van der Waals surface area contributed by atoms with Crippen LogP contribution in [-0.2, 0) is 0 Å². The summed E-state index contributed by atoms with van der Waals surface area (Å²) in [4.78, 5) is 0. The van der Waals surface area contributed by atoms with Crippen LogP contribution in [0.5, 0.6) is 5.75 Å². The third kappa shape index (κ3) is 1.81. The Labute approximate surface area is 84.8 Å². The molecule has 14 heavy (non-hydrogen) atoms. The smallest absolute Gasteiger partial charge is 0.177 e. The predicted octanol–water partition coefficient (Wildman–Crippen LogP) is 1.97. The van der Waals surface area contributed by atoms with Crippen LogP contribution in [0.4, 0.5) is 8.78 Å². The maximum absolute atomic E-state index is 12.9. The van der Waals surface area contributed by atoms with Crippen LogP contribution in [-0.4, -0.2) is 19.2 Å². The van der Waals surface area contributed by atoms with Gasteiger partial charge in [-0.3, -0.25) is 0 Å². The molecule has 0 saturated carbocycles. The number of benzene rings is 1. The summed E-state index contributed by atoms with van der Waals surface area (Å²) in [6, 6.07) is 2.28. The number of nitrogens with one attached hydrogen (secondary N) is 1. The highest BCUT2D eigenvalue weighted by Crippen LogP contribution is 2.25. The summed E-state index contributed by atoms with van der Waals surface area (Å²) in [5.41, 5.74) is 0.